The summed E-state index contributed by atoms with van der Waals surface area (Å²) >= 11 is 0. The molecule has 0 aliphatic rings. The Bertz CT molecular complexity index is 638. The number of nitrogens with one attached hydrogen (secondary N) is 1. The van der Waals surface area contributed by atoms with E-state index < -0.39 is 0 Å². The van der Waals surface area contributed by atoms with Crippen LogP contribution in [0.5, 0.6) is 0 Å². The van der Waals surface area contributed by atoms with Gasteiger partial charge in [0.05, 0.1) is 11.6 Å². The van der Waals surface area contributed by atoms with Gasteiger partial charge < -0.3 is 9.73 Å². The van der Waals surface area contributed by atoms with Gasteiger partial charge in [0.2, 0.25) is 0 Å². The minimum Gasteiger partial charge on any atom is -0.466 e. The summed E-state index contributed by atoms with van der Waals surface area (Å²) in [7, 11) is 0. The topological polar surface area (TPSA) is 42.2 Å². The molecular weight excluding hydrogens is 274 g/mol. The van der Waals surface area contributed by atoms with Crippen LogP contribution in [-0.2, 0) is 6.42 Å². The third-order valence-electron chi connectivity index (χ3n) is 3.76. The highest BCUT2D eigenvalue weighted by atomic mass is 16.3. The van der Waals surface area contributed by atoms with E-state index in [9.17, 15) is 4.79 Å². The lowest BCUT2D eigenvalue weighted by atomic mass is 10.00. The van der Waals surface area contributed by atoms with E-state index in [0.717, 1.165) is 17.7 Å². The summed E-state index contributed by atoms with van der Waals surface area (Å²) in [5, 5.41) is 3.03. The van der Waals surface area contributed by atoms with Crippen LogP contribution in [0.1, 0.15) is 59.8 Å². The van der Waals surface area contributed by atoms with Gasteiger partial charge in [0.1, 0.15) is 11.5 Å². The Hall–Kier alpha value is -2.03. The summed E-state index contributed by atoms with van der Waals surface area (Å²) in [6.07, 6.45) is 1.08. The molecule has 2 rings (SSSR count). The summed E-state index contributed by atoms with van der Waals surface area (Å²) in [5.74, 6) is 1.98. The standard InChI is InChI=1S/C19H25NO2/c1-12(2)10-16-6-8-17(9-7-16)14(4)20-19(21)18-11-13(3)22-15(18)5/h6-9,11-12,14H,10H2,1-5H3,(H,20,21). The molecule has 1 heterocycles. The highest BCUT2D eigenvalue weighted by Gasteiger charge is 2.16. The zero-order valence-corrected chi connectivity index (χ0v) is 14.1. The molecule has 0 saturated carbocycles. The number of furan rings is 1. The average Bonchev–Trinajstić information content (AvgIpc) is 2.78. The first-order valence-corrected chi connectivity index (χ1v) is 7.83. The van der Waals surface area contributed by atoms with E-state index in [4.69, 9.17) is 4.42 Å². The maximum atomic E-state index is 12.3. The average molecular weight is 299 g/mol. The van der Waals surface area contributed by atoms with Crippen LogP contribution in [-0.4, -0.2) is 5.91 Å². The molecule has 1 aromatic carbocycles. The van der Waals surface area contributed by atoms with Gasteiger partial charge in [-0.2, -0.15) is 0 Å². The van der Waals surface area contributed by atoms with E-state index in [0.29, 0.717) is 17.2 Å². The van der Waals surface area contributed by atoms with Crippen LogP contribution >= 0.6 is 0 Å². The van der Waals surface area contributed by atoms with Crippen molar-refractivity contribution in [1.82, 2.24) is 5.32 Å². The molecule has 3 heteroatoms. The van der Waals surface area contributed by atoms with Gasteiger partial charge in [-0.15, -0.1) is 0 Å². The Labute approximate surface area is 132 Å². The second-order valence-electron chi connectivity index (χ2n) is 6.36. The quantitative estimate of drug-likeness (QED) is 0.877. The largest absolute Gasteiger partial charge is 0.466 e. The first-order chi connectivity index (χ1) is 10.4. The van der Waals surface area contributed by atoms with Crippen molar-refractivity contribution in [3.05, 3.63) is 58.5 Å². The molecule has 1 unspecified atom stereocenters. The van der Waals surface area contributed by atoms with E-state index in [2.05, 4.69) is 43.4 Å². The number of aryl methyl sites for hydroxylation is 2. The molecule has 1 aromatic heterocycles. The number of hydrogen-bond donors (Lipinski definition) is 1. The van der Waals surface area contributed by atoms with Crippen molar-refractivity contribution >= 4 is 5.91 Å². The fourth-order valence-corrected chi connectivity index (χ4v) is 2.63. The molecular formula is C19H25NO2. The Balaban J connectivity index is 2.04. The van der Waals surface area contributed by atoms with Crippen molar-refractivity contribution in [3.63, 3.8) is 0 Å². The van der Waals surface area contributed by atoms with Gasteiger partial charge in [-0.3, -0.25) is 4.79 Å². The molecule has 0 radical (unpaired) electrons. The van der Waals surface area contributed by atoms with E-state index in [1.54, 1.807) is 6.07 Å². The number of hydrogen-bond acceptors (Lipinski definition) is 2. The van der Waals surface area contributed by atoms with Gasteiger partial charge in [-0.1, -0.05) is 38.1 Å². The van der Waals surface area contributed by atoms with Crippen molar-refractivity contribution in [3.8, 4) is 0 Å². The van der Waals surface area contributed by atoms with E-state index >= 15 is 0 Å². The van der Waals surface area contributed by atoms with Crippen molar-refractivity contribution in [1.29, 1.82) is 0 Å². The Morgan fingerprint density at radius 2 is 1.77 bits per heavy atom. The first-order valence-electron chi connectivity index (χ1n) is 7.83. The third-order valence-corrected chi connectivity index (χ3v) is 3.76. The van der Waals surface area contributed by atoms with Gasteiger partial charge in [-0.25, -0.2) is 0 Å². The van der Waals surface area contributed by atoms with Crippen LogP contribution in [0.2, 0.25) is 0 Å². The molecule has 3 nitrogen and oxygen atoms in total. The summed E-state index contributed by atoms with van der Waals surface area (Å²) in [4.78, 5) is 12.3. The second kappa shape index (κ2) is 6.82. The lowest BCUT2D eigenvalue weighted by Crippen LogP contribution is -2.26. The molecule has 1 atom stereocenters. The molecule has 22 heavy (non-hydrogen) atoms. The number of rotatable bonds is 5. The molecule has 1 N–H and O–H groups in total. The fourth-order valence-electron chi connectivity index (χ4n) is 2.63. The van der Waals surface area contributed by atoms with Crippen LogP contribution < -0.4 is 5.32 Å². The van der Waals surface area contributed by atoms with E-state index in [1.165, 1.54) is 5.56 Å². The van der Waals surface area contributed by atoms with Crippen LogP contribution in [0.3, 0.4) is 0 Å². The zero-order valence-electron chi connectivity index (χ0n) is 14.1. The predicted octanol–water partition coefficient (Wildman–Crippen LogP) is 4.59. The van der Waals surface area contributed by atoms with E-state index in [-0.39, 0.29) is 11.9 Å². The van der Waals surface area contributed by atoms with Gasteiger partial charge in [0.25, 0.3) is 5.91 Å². The maximum Gasteiger partial charge on any atom is 0.255 e. The van der Waals surface area contributed by atoms with Crippen LogP contribution in [0.15, 0.2) is 34.7 Å². The van der Waals surface area contributed by atoms with Gasteiger partial charge in [-0.05, 0) is 50.3 Å². The van der Waals surface area contributed by atoms with Crippen molar-refractivity contribution in [2.75, 3.05) is 0 Å². The second-order valence-corrected chi connectivity index (χ2v) is 6.36. The normalized spacial score (nSPS) is 12.5. The minimum atomic E-state index is -0.0897. The summed E-state index contributed by atoms with van der Waals surface area (Å²) in [6, 6.07) is 10.2. The van der Waals surface area contributed by atoms with Crippen LogP contribution in [0.4, 0.5) is 0 Å². The third kappa shape index (κ3) is 4.00. The zero-order chi connectivity index (χ0) is 16.3. The maximum absolute atomic E-state index is 12.3. The summed E-state index contributed by atoms with van der Waals surface area (Å²) in [6.45, 7) is 10.1. The SMILES string of the molecule is Cc1cc(C(=O)NC(C)c2ccc(CC(C)C)cc2)c(C)o1. The number of carbonyl (C=O) groups is 1. The Morgan fingerprint density at radius 3 is 2.27 bits per heavy atom. The smallest absolute Gasteiger partial charge is 0.255 e. The number of benzene rings is 1. The lowest BCUT2D eigenvalue weighted by Gasteiger charge is -2.15. The first kappa shape index (κ1) is 16.3. The minimum absolute atomic E-state index is 0.0322. The fraction of sp³-hybridized carbons (Fsp3) is 0.421. The molecule has 1 amide bonds. The molecule has 0 saturated heterocycles. The highest BCUT2D eigenvalue weighted by molar-refractivity contribution is 5.95. The van der Waals surface area contributed by atoms with Crippen molar-refractivity contribution in [2.24, 2.45) is 5.92 Å². The molecule has 0 aliphatic carbocycles. The molecule has 0 fully saturated rings. The van der Waals surface area contributed by atoms with Gasteiger partial charge in [0.15, 0.2) is 0 Å². The van der Waals surface area contributed by atoms with Crippen LogP contribution in [0.25, 0.3) is 0 Å². The van der Waals surface area contributed by atoms with Crippen molar-refractivity contribution in [2.45, 2.75) is 47.1 Å². The molecule has 0 bridgehead atoms. The van der Waals surface area contributed by atoms with Gasteiger partial charge >= 0.3 is 0 Å². The van der Waals surface area contributed by atoms with E-state index in [1.807, 2.05) is 20.8 Å². The number of amides is 1. The van der Waals surface area contributed by atoms with Crippen LogP contribution in [0, 0.1) is 19.8 Å². The molecule has 2 aromatic rings. The summed E-state index contributed by atoms with van der Waals surface area (Å²) < 4.78 is 5.41. The van der Waals surface area contributed by atoms with Gasteiger partial charge in [0, 0.05) is 0 Å². The molecule has 0 aliphatic heterocycles. The van der Waals surface area contributed by atoms with Crippen molar-refractivity contribution < 1.29 is 9.21 Å². The number of carbonyl (C=O) groups excluding carboxylic acids is 1. The predicted molar refractivity (Wildman–Crippen MR) is 89.0 cm³/mol. The lowest BCUT2D eigenvalue weighted by molar-refractivity contribution is 0.0938. The monoisotopic (exact) mass is 299 g/mol. The Morgan fingerprint density at radius 1 is 1.14 bits per heavy atom. The Kier molecular flexibility index (Phi) is 5.07. The molecule has 0 spiro atoms. The summed E-state index contributed by atoms with van der Waals surface area (Å²) in [5.41, 5.74) is 3.05. The highest BCUT2D eigenvalue weighted by Crippen LogP contribution is 2.18. The molecule has 118 valence electrons.